The van der Waals surface area contributed by atoms with Gasteiger partial charge in [0.15, 0.2) is 0 Å². The van der Waals surface area contributed by atoms with Crippen molar-refractivity contribution in [3.05, 3.63) is 65.2 Å². The van der Waals surface area contributed by atoms with Crippen LogP contribution in [0.1, 0.15) is 11.6 Å². The quantitative estimate of drug-likeness (QED) is 0.912. The molecular weight excluding hydrogens is 244 g/mol. The average Bonchev–Trinajstić information content (AvgIpc) is 2.41. The summed E-state index contributed by atoms with van der Waals surface area (Å²) in [5.74, 6) is 0. The van der Waals surface area contributed by atoms with E-state index in [1.54, 1.807) is 0 Å². The normalized spacial score (nSPS) is 12.2. The van der Waals surface area contributed by atoms with Crippen molar-refractivity contribution in [3.8, 4) is 0 Å². The van der Waals surface area contributed by atoms with Gasteiger partial charge in [-0.3, -0.25) is 0 Å². The van der Waals surface area contributed by atoms with Gasteiger partial charge in [-0.15, -0.1) is 0 Å². The van der Waals surface area contributed by atoms with Gasteiger partial charge in [0.2, 0.25) is 0 Å². The maximum absolute atomic E-state index is 5.91. The molecule has 0 fully saturated rings. The Balaban J connectivity index is 2.25. The van der Waals surface area contributed by atoms with Crippen molar-refractivity contribution in [2.45, 2.75) is 6.04 Å². The fraction of sp³-hybridized carbons (Fsp3) is 0.200. The van der Waals surface area contributed by atoms with E-state index in [-0.39, 0.29) is 6.04 Å². The fourth-order valence-electron chi connectivity index (χ4n) is 2.05. The van der Waals surface area contributed by atoms with Gasteiger partial charge in [0.25, 0.3) is 0 Å². The van der Waals surface area contributed by atoms with E-state index in [2.05, 4.69) is 17.0 Å². The summed E-state index contributed by atoms with van der Waals surface area (Å²) in [4.78, 5) is 2.17. The Kier molecular flexibility index (Phi) is 4.24. The molecule has 0 aliphatic heterocycles. The molecule has 3 heteroatoms. The number of hydrogen-bond acceptors (Lipinski definition) is 2. The maximum atomic E-state index is 5.91. The van der Waals surface area contributed by atoms with Gasteiger partial charge < -0.3 is 10.6 Å². The Bertz CT molecular complexity index is 482. The highest BCUT2D eigenvalue weighted by Gasteiger charge is 2.15. The molecule has 0 radical (unpaired) electrons. The minimum atomic E-state index is 0.173. The van der Waals surface area contributed by atoms with E-state index in [4.69, 9.17) is 17.3 Å². The van der Waals surface area contributed by atoms with Crippen molar-refractivity contribution in [3.63, 3.8) is 0 Å². The predicted octanol–water partition coefficient (Wildman–Crippen LogP) is 3.48. The van der Waals surface area contributed by atoms with Crippen molar-refractivity contribution < 1.29 is 0 Å². The number of nitrogens with zero attached hydrogens (tertiary/aromatic N) is 1. The first-order valence-corrected chi connectivity index (χ1v) is 6.33. The van der Waals surface area contributed by atoms with Crippen molar-refractivity contribution in [1.29, 1.82) is 0 Å². The Morgan fingerprint density at radius 1 is 1.06 bits per heavy atom. The molecule has 0 saturated heterocycles. The van der Waals surface area contributed by atoms with E-state index >= 15 is 0 Å². The SMILES string of the molecule is CN(c1ccc(Cl)cc1)C(CN)c1ccccc1. The first-order chi connectivity index (χ1) is 8.72. The van der Waals surface area contributed by atoms with Gasteiger partial charge in [-0.2, -0.15) is 0 Å². The lowest BCUT2D eigenvalue weighted by Crippen LogP contribution is -2.30. The lowest BCUT2D eigenvalue weighted by atomic mass is 10.1. The molecular formula is C15H17ClN2. The highest BCUT2D eigenvalue weighted by Crippen LogP contribution is 2.25. The number of hydrogen-bond donors (Lipinski definition) is 1. The number of anilines is 1. The second kappa shape index (κ2) is 5.89. The van der Waals surface area contributed by atoms with E-state index in [0.717, 1.165) is 10.7 Å². The standard InChI is InChI=1S/C15H17ClN2/c1-18(14-9-7-13(16)8-10-14)15(11-17)12-5-3-2-4-6-12/h2-10,15H,11,17H2,1H3. The van der Waals surface area contributed by atoms with Crippen LogP contribution in [0.2, 0.25) is 5.02 Å². The molecule has 0 amide bonds. The van der Waals surface area contributed by atoms with Gasteiger partial charge in [0.1, 0.15) is 0 Å². The Morgan fingerprint density at radius 2 is 1.67 bits per heavy atom. The van der Waals surface area contributed by atoms with E-state index in [1.165, 1.54) is 5.56 Å². The molecule has 0 saturated carbocycles. The van der Waals surface area contributed by atoms with Crippen LogP contribution in [0.4, 0.5) is 5.69 Å². The summed E-state index contributed by atoms with van der Waals surface area (Å²) in [6, 6.07) is 18.3. The topological polar surface area (TPSA) is 29.3 Å². The summed E-state index contributed by atoms with van der Waals surface area (Å²) >= 11 is 5.90. The molecule has 94 valence electrons. The van der Waals surface area contributed by atoms with Gasteiger partial charge >= 0.3 is 0 Å². The fourth-order valence-corrected chi connectivity index (χ4v) is 2.18. The van der Waals surface area contributed by atoms with Crippen molar-refractivity contribution >= 4 is 17.3 Å². The van der Waals surface area contributed by atoms with Crippen molar-refractivity contribution in [2.75, 3.05) is 18.5 Å². The first-order valence-electron chi connectivity index (χ1n) is 5.96. The van der Waals surface area contributed by atoms with Crippen LogP contribution in [0.15, 0.2) is 54.6 Å². The summed E-state index contributed by atoms with van der Waals surface area (Å²) in [6.45, 7) is 0.573. The molecule has 2 aromatic carbocycles. The number of benzene rings is 2. The summed E-state index contributed by atoms with van der Waals surface area (Å²) in [7, 11) is 2.05. The average molecular weight is 261 g/mol. The number of halogens is 1. The molecule has 0 aliphatic carbocycles. The minimum Gasteiger partial charge on any atom is -0.366 e. The first kappa shape index (κ1) is 12.9. The van der Waals surface area contributed by atoms with Crippen LogP contribution < -0.4 is 10.6 Å². The molecule has 2 N–H and O–H groups in total. The van der Waals surface area contributed by atoms with Gasteiger partial charge in [-0.05, 0) is 29.8 Å². The Hall–Kier alpha value is -1.51. The van der Waals surface area contributed by atoms with E-state index < -0.39 is 0 Å². The second-order valence-corrected chi connectivity index (χ2v) is 4.69. The van der Waals surface area contributed by atoms with Crippen LogP contribution >= 0.6 is 11.6 Å². The van der Waals surface area contributed by atoms with Crippen LogP contribution in [0.3, 0.4) is 0 Å². The molecule has 0 spiro atoms. The molecule has 0 aliphatic rings. The monoisotopic (exact) mass is 260 g/mol. The minimum absolute atomic E-state index is 0.173. The van der Waals surface area contributed by atoms with Gasteiger partial charge in [-0.1, -0.05) is 41.9 Å². The Labute approximate surface area is 113 Å². The van der Waals surface area contributed by atoms with E-state index in [0.29, 0.717) is 6.54 Å². The number of likely N-dealkylation sites (N-methyl/N-ethyl adjacent to an activating group) is 1. The zero-order valence-electron chi connectivity index (χ0n) is 10.4. The largest absolute Gasteiger partial charge is 0.366 e. The van der Waals surface area contributed by atoms with Crippen molar-refractivity contribution in [2.24, 2.45) is 5.73 Å². The smallest absolute Gasteiger partial charge is 0.0661 e. The zero-order valence-corrected chi connectivity index (χ0v) is 11.1. The van der Waals surface area contributed by atoms with Gasteiger partial charge in [0, 0.05) is 24.3 Å². The lowest BCUT2D eigenvalue weighted by molar-refractivity contribution is 0.681. The van der Waals surface area contributed by atoms with Gasteiger partial charge in [-0.25, -0.2) is 0 Å². The molecule has 0 bridgehead atoms. The van der Waals surface area contributed by atoms with Crippen molar-refractivity contribution in [1.82, 2.24) is 0 Å². The molecule has 2 nitrogen and oxygen atoms in total. The molecule has 1 atom stereocenters. The van der Waals surface area contributed by atoms with Crippen LogP contribution in [-0.2, 0) is 0 Å². The molecule has 2 aromatic rings. The molecule has 1 unspecified atom stereocenters. The second-order valence-electron chi connectivity index (χ2n) is 4.25. The maximum Gasteiger partial charge on any atom is 0.0661 e. The van der Waals surface area contributed by atoms with E-state index in [1.807, 2.05) is 49.5 Å². The lowest BCUT2D eigenvalue weighted by Gasteiger charge is -2.29. The Morgan fingerprint density at radius 3 is 2.22 bits per heavy atom. The predicted molar refractivity (Wildman–Crippen MR) is 78.1 cm³/mol. The summed E-state index contributed by atoms with van der Waals surface area (Å²) < 4.78 is 0. The number of nitrogens with two attached hydrogens (primary N) is 1. The third-order valence-corrected chi connectivity index (χ3v) is 3.36. The summed E-state index contributed by atoms with van der Waals surface area (Å²) in [5, 5.41) is 0.746. The molecule has 0 aromatic heterocycles. The van der Waals surface area contributed by atoms with E-state index in [9.17, 15) is 0 Å². The van der Waals surface area contributed by atoms with Crippen LogP contribution in [-0.4, -0.2) is 13.6 Å². The van der Waals surface area contributed by atoms with Gasteiger partial charge in [0.05, 0.1) is 6.04 Å². The highest BCUT2D eigenvalue weighted by molar-refractivity contribution is 6.30. The summed E-state index contributed by atoms with van der Waals surface area (Å²) in [5.41, 5.74) is 8.23. The third kappa shape index (κ3) is 2.84. The molecule has 0 heterocycles. The third-order valence-electron chi connectivity index (χ3n) is 3.11. The van der Waals surface area contributed by atoms with Crippen LogP contribution in [0, 0.1) is 0 Å². The molecule has 2 rings (SSSR count). The molecule has 18 heavy (non-hydrogen) atoms. The highest BCUT2D eigenvalue weighted by atomic mass is 35.5. The summed E-state index contributed by atoms with van der Waals surface area (Å²) in [6.07, 6.45) is 0. The zero-order chi connectivity index (χ0) is 13.0. The van der Waals surface area contributed by atoms with Crippen LogP contribution in [0.5, 0.6) is 0 Å². The van der Waals surface area contributed by atoms with Crippen LogP contribution in [0.25, 0.3) is 0 Å². The number of rotatable bonds is 4.